The SMILES string of the molecule is CSNC1CCCN2C(=O)COc3nnccc3[C@H]3CC[C@H](CC3)OCC12. The van der Waals surface area contributed by atoms with Crippen LogP contribution >= 0.6 is 11.9 Å². The van der Waals surface area contributed by atoms with Crippen LogP contribution in [-0.2, 0) is 9.53 Å². The third-order valence-corrected chi connectivity index (χ3v) is 6.57. The average molecular weight is 393 g/mol. The predicted octanol–water partition coefficient (Wildman–Crippen LogP) is 2.14. The van der Waals surface area contributed by atoms with E-state index >= 15 is 0 Å². The van der Waals surface area contributed by atoms with Gasteiger partial charge in [-0.15, -0.1) is 5.10 Å². The van der Waals surface area contributed by atoms with E-state index in [9.17, 15) is 4.79 Å². The topological polar surface area (TPSA) is 76.6 Å². The molecular formula is C19H28N4O3S. The fraction of sp³-hybridized carbons (Fsp3) is 0.737. The molecule has 0 spiro atoms. The second kappa shape index (κ2) is 8.75. The normalized spacial score (nSPS) is 31.7. The molecule has 148 valence electrons. The molecule has 1 saturated heterocycles. The van der Waals surface area contributed by atoms with E-state index < -0.39 is 0 Å². The first kappa shape index (κ1) is 19.0. The number of piperidine rings is 1. The number of rotatable bonds is 2. The number of aromatic nitrogens is 2. The molecule has 2 bridgehead atoms. The molecule has 2 atom stereocenters. The van der Waals surface area contributed by atoms with E-state index in [1.54, 1.807) is 18.1 Å². The van der Waals surface area contributed by atoms with Crippen LogP contribution in [0.4, 0.5) is 0 Å². The van der Waals surface area contributed by atoms with Crippen LogP contribution in [0.15, 0.2) is 12.3 Å². The number of ether oxygens (including phenoxy) is 2. The standard InChI is InChI=1S/C19H28N4O3S/c1-27-22-16-3-2-10-23-17(16)11-25-14-6-4-13(5-7-14)15-8-9-20-21-19(15)26-12-18(23)24/h8-9,13-14,16-17,22H,2-7,10-12H2,1H3/t13-,14+,16?,17?. The number of nitrogens with one attached hydrogen (secondary N) is 1. The van der Waals surface area contributed by atoms with Crippen molar-refractivity contribution in [3.05, 3.63) is 17.8 Å². The molecule has 3 aliphatic heterocycles. The van der Waals surface area contributed by atoms with Gasteiger partial charge in [-0.2, -0.15) is 5.10 Å². The largest absolute Gasteiger partial charge is 0.466 e. The van der Waals surface area contributed by atoms with Crippen LogP contribution < -0.4 is 9.46 Å². The lowest BCUT2D eigenvalue weighted by Gasteiger charge is -2.41. The summed E-state index contributed by atoms with van der Waals surface area (Å²) in [6.07, 6.45) is 10.2. The summed E-state index contributed by atoms with van der Waals surface area (Å²) in [6, 6.07) is 2.27. The van der Waals surface area contributed by atoms with Gasteiger partial charge >= 0.3 is 0 Å². The van der Waals surface area contributed by atoms with Crippen LogP contribution in [0.2, 0.25) is 0 Å². The minimum absolute atomic E-state index is 0.000556. The molecule has 2 unspecified atom stereocenters. The number of hydrogen-bond acceptors (Lipinski definition) is 7. The summed E-state index contributed by atoms with van der Waals surface area (Å²) in [5.41, 5.74) is 1.08. The van der Waals surface area contributed by atoms with Gasteiger partial charge in [0.05, 0.1) is 24.9 Å². The van der Waals surface area contributed by atoms with Crippen LogP contribution in [0.5, 0.6) is 5.88 Å². The maximum Gasteiger partial charge on any atom is 0.260 e. The van der Waals surface area contributed by atoms with Gasteiger partial charge in [0.25, 0.3) is 5.91 Å². The van der Waals surface area contributed by atoms with Gasteiger partial charge in [-0.3, -0.25) is 9.52 Å². The molecule has 8 heteroatoms. The Kier molecular flexibility index (Phi) is 6.14. The summed E-state index contributed by atoms with van der Waals surface area (Å²) < 4.78 is 15.7. The van der Waals surface area contributed by atoms with Gasteiger partial charge in [-0.05, 0) is 56.8 Å². The first-order valence-corrected chi connectivity index (χ1v) is 11.1. The van der Waals surface area contributed by atoms with Crippen molar-refractivity contribution in [2.75, 3.05) is 26.0 Å². The van der Waals surface area contributed by atoms with Crippen LogP contribution in [-0.4, -0.2) is 65.2 Å². The van der Waals surface area contributed by atoms with Crippen molar-refractivity contribution in [3.8, 4) is 5.88 Å². The van der Waals surface area contributed by atoms with Crippen molar-refractivity contribution >= 4 is 17.9 Å². The molecule has 4 aliphatic rings. The van der Waals surface area contributed by atoms with E-state index in [-0.39, 0.29) is 30.7 Å². The molecular weight excluding hydrogens is 364 g/mol. The molecule has 1 aromatic heterocycles. The molecule has 1 saturated carbocycles. The van der Waals surface area contributed by atoms with E-state index in [0.717, 1.165) is 50.6 Å². The number of fused-ring (bicyclic) bond motifs is 5. The van der Waals surface area contributed by atoms with Crippen molar-refractivity contribution in [1.29, 1.82) is 0 Å². The Labute approximate surface area is 164 Å². The number of hydrogen-bond donors (Lipinski definition) is 1. The molecule has 1 N–H and O–H groups in total. The third kappa shape index (κ3) is 4.22. The second-order valence-corrected chi connectivity index (χ2v) is 8.26. The monoisotopic (exact) mass is 392 g/mol. The lowest BCUT2D eigenvalue weighted by atomic mass is 9.83. The van der Waals surface area contributed by atoms with Gasteiger partial charge in [-0.25, -0.2) is 0 Å². The lowest BCUT2D eigenvalue weighted by molar-refractivity contribution is -0.140. The van der Waals surface area contributed by atoms with Crippen molar-refractivity contribution < 1.29 is 14.3 Å². The van der Waals surface area contributed by atoms with Crippen molar-refractivity contribution in [2.24, 2.45) is 0 Å². The first-order chi connectivity index (χ1) is 13.3. The number of carbonyl (C=O) groups is 1. The van der Waals surface area contributed by atoms with Crippen LogP contribution in [0.1, 0.15) is 50.0 Å². The van der Waals surface area contributed by atoms with Crippen molar-refractivity contribution in [3.63, 3.8) is 0 Å². The summed E-state index contributed by atoms with van der Waals surface area (Å²) in [6.45, 7) is 1.35. The van der Waals surface area contributed by atoms with E-state index in [1.807, 2.05) is 17.2 Å². The number of nitrogens with zero attached hydrogens (tertiary/aromatic N) is 3. The lowest BCUT2D eigenvalue weighted by Crippen LogP contribution is -2.57. The smallest absolute Gasteiger partial charge is 0.260 e. The van der Waals surface area contributed by atoms with Crippen LogP contribution in [0.3, 0.4) is 0 Å². The maximum atomic E-state index is 13.0. The highest BCUT2D eigenvalue weighted by Gasteiger charge is 2.36. The van der Waals surface area contributed by atoms with Gasteiger partial charge in [0, 0.05) is 18.2 Å². The van der Waals surface area contributed by atoms with Crippen LogP contribution in [0, 0.1) is 0 Å². The molecule has 4 heterocycles. The average Bonchev–Trinajstić information content (AvgIpc) is 2.73. The Morgan fingerprint density at radius 2 is 2.11 bits per heavy atom. The minimum atomic E-state index is -0.000556. The van der Waals surface area contributed by atoms with Gasteiger partial charge in [0.1, 0.15) is 0 Å². The zero-order valence-electron chi connectivity index (χ0n) is 15.8. The molecule has 1 aromatic rings. The highest BCUT2D eigenvalue weighted by molar-refractivity contribution is 7.96. The molecule has 2 fully saturated rings. The zero-order chi connectivity index (χ0) is 18.6. The number of carbonyl (C=O) groups excluding carboxylic acids is 1. The van der Waals surface area contributed by atoms with Gasteiger partial charge < -0.3 is 14.4 Å². The molecule has 0 aromatic carbocycles. The molecule has 0 radical (unpaired) electrons. The Balaban J connectivity index is 1.59. The summed E-state index contributed by atoms with van der Waals surface area (Å²) >= 11 is 1.61. The highest BCUT2D eigenvalue weighted by atomic mass is 32.2. The highest BCUT2D eigenvalue weighted by Crippen LogP contribution is 2.37. The van der Waals surface area contributed by atoms with Crippen molar-refractivity contribution in [1.82, 2.24) is 19.8 Å². The molecule has 7 nitrogen and oxygen atoms in total. The minimum Gasteiger partial charge on any atom is -0.466 e. The zero-order valence-corrected chi connectivity index (χ0v) is 16.6. The quantitative estimate of drug-likeness (QED) is 0.773. The molecule has 1 aliphatic carbocycles. The maximum absolute atomic E-state index is 13.0. The summed E-state index contributed by atoms with van der Waals surface area (Å²) in [5.74, 6) is 0.918. The van der Waals surface area contributed by atoms with E-state index in [1.165, 1.54) is 0 Å². The molecule has 1 amide bonds. The fourth-order valence-electron chi connectivity index (χ4n) is 4.60. The van der Waals surface area contributed by atoms with Gasteiger partial charge in [0.15, 0.2) is 6.61 Å². The molecule has 27 heavy (non-hydrogen) atoms. The summed E-state index contributed by atoms with van der Waals surface area (Å²) in [5, 5.41) is 8.15. The summed E-state index contributed by atoms with van der Waals surface area (Å²) in [7, 11) is 0. The third-order valence-electron chi connectivity index (χ3n) is 6.03. The fourth-order valence-corrected chi connectivity index (χ4v) is 5.18. The van der Waals surface area contributed by atoms with Crippen LogP contribution in [0.25, 0.3) is 0 Å². The Morgan fingerprint density at radius 1 is 1.26 bits per heavy atom. The number of amides is 1. The van der Waals surface area contributed by atoms with Crippen molar-refractivity contribution in [2.45, 2.75) is 62.6 Å². The Hall–Kier alpha value is -1.38. The van der Waals surface area contributed by atoms with E-state index in [0.29, 0.717) is 18.4 Å². The Morgan fingerprint density at radius 3 is 2.93 bits per heavy atom. The van der Waals surface area contributed by atoms with E-state index in [2.05, 4.69) is 14.9 Å². The van der Waals surface area contributed by atoms with E-state index in [4.69, 9.17) is 9.47 Å². The van der Waals surface area contributed by atoms with Gasteiger partial charge in [-0.1, -0.05) is 11.9 Å². The first-order valence-electron chi connectivity index (χ1n) is 9.90. The second-order valence-electron chi connectivity index (χ2n) is 7.61. The summed E-state index contributed by atoms with van der Waals surface area (Å²) in [4.78, 5) is 14.9. The Bertz CT molecular complexity index is 652. The molecule has 5 rings (SSSR count). The van der Waals surface area contributed by atoms with Gasteiger partial charge in [0.2, 0.25) is 5.88 Å². The predicted molar refractivity (Wildman–Crippen MR) is 104 cm³/mol.